The second-order valence-electron chi connectivity index (χ2n) is 8.16. The maximum atomic E-state index is 14.3. The number of carbonyl (C=O) groups is 1. The zero-order valence-electron chi connectivity index (χ0n) is 16.6. The lowest BCUT2D eigenvalue weighted by Gasteiger charge is -2.53. The van der Waals surface area contributed by atoms with E-state index < -0.39 is 5.41 Å². The Balaban J connectivity index is 1.42. The third kappa shape index (κ3) is 4.65. The highest BCUT2D eigenvalue weighted by Gasteiger charge is 2.51. The molecular weight excluding hydrogens is 369 g/mol. The van der Waals surface area contributed by atoms with Crippen molar-refractivity contribution in [1.82, 2.24) is 15.2 Å². The standard InChI is InChI=1S/C23H28FN3O2/c24-21-6-2-1-5-19(21)14-23(16-27(17-23)20-8-12-29-13-9-20)22(28)26-11-7-18-4-3-10-25-15-18/h1-6,10,15,20H,7-9,11-14,16-17H2,(H,26,28). The van der Waals surface area contributed by atoms with Gasteiger partial charge in [-0.1, -0.05) is 24.3 Å². The van der Waals surface area contributed by atoms with E-state index in [-0.39, 0.29) is 11.7 Å². The van der Waals surface area contributed by atoms with Crippen LogP contribution in [0, 0.1) is 11.2 Å². The number of nitrogens with one attached hydrogen (secondary N) is 1. The summed E-state index contributed by atoms with van der Waals surface area (Å²) in [6.45, 7) is 3.45. The summed E-state index contributed by atoms with van der Waals surface area (Å²) >= 11 is 0. The largest absolute Gasteiger partial charge is 0.381 e. The zero-order chi connectivity index (χ0) is 20.1. The second-order valence-corrected chi connectivity index (χ2v) is 8.16. The van der Waals surface area contributed by atoms with Gasteiger partial charge in [0.25, 0.3) is 0 Å². The predicted molar refractivity (Wildman–Crippen MR) is 109 cm³/mol. The lowest BCUT2D eigenvalue weighted by Crippen LogP contribution is -2.67. The summed E-state index contributed by atoms with van der Waals surface area (Å²) in [4.78, 5) is 19.7. The molecule has 0 atom stereocenters. The number of benzene rings is 1. The van der Waals surface area contributed by atoms with Crippen molar-refractivity contribution in [1.29, 1.82) is 0 Å². The fourth-order valence-corrected chi connectivity index (χ4v) is 4.44. The number of pyridine rings is 1. The third-order valence-corrected chi connectivity index (χ3v) is 6.11. The highest BCUT2D eigenvalue weighted by molar-refractivity contribution is 5.84. The van der Waals surface area contributed by atoms with Crippen LogP contribution in [0.15, 0.2) is 48.8 Å². The van der Waals surface area contributed by atoms with E-state index in [1.165, 1.54) is 6.07 Å². The van der Waals surface area contributed by atoms with Crippen molar-refractivity contribution >= 4 is 5.91 Å². The van der Waals surface area contributed by atoms with E-state index in [4.69, 9.17) is 4.74 Å². The first-order valence-corrected chi connectivity index (χ1v) is 10.4. The lowest BCUT2D eigenvalue weighted by atomic mass is 9.72. The normalized spacial score (nSPS) is 19.5. The molecule has 1 aromatic heterocycles. The van der Waals surface area contributed by atoms with Crippen molar-refractivity contribution in [3.05, 3.63) is 65.7 Å². The average Bonchev–Trinajstić information content (AvgIpc) is 2.73. The van der Waals surface area contributed by atoms with Crippen LogP contribution in [0.25, 0.3) is 0 Å². The van der Waals surface area contributed by atoms with Crippen LogP contribution >= 0.6 is 0 Å². The molecule has 2 aromatic rings. The summed E-state index contributed by atoms with van der Waals surface area (Å²) < 4.78 is 19.8. The van der Waals surface area contributed by atoms with Crippen LogP contribution in [0.3, 0.4) is 0 Å². The van der Waals surface area contributed by atoms with E-state index in [9.17, 15) is 9.18 Å². The molecule has 3 heterocycles. The van der Waals surface area contributed by atoms with E-state index in [0.29, 0.717) is 37.7 Å². The van der Waals surface area contributed by atoms with Crippen LogP contribution in [0.1, 0.15) is 24.0 Å². The molecule has 4 rings (SSSR count). The second kappa shape index (κ2) is 9.01. The van der Waals surface area contributed by atoms with Gasteiger partial charge in [-0.05, 0) is 48.9 Å². The summed E-state index contributed by atoms with van der Waals surface area (Å²) in [5.74, 6) is -0.215. The maximum absolute atomic E-state index is 14.3. The number of hydrogen-bond donors (Lipinski definition) is 1. The molecule has 6 heteroatoms. The van der Waals surface area contributed by atoms with Gasteiger partial charge in [-0.2, -0.15) is 0 Å². The number of rotatable bonds is 7. The predicted octanol–water partition coefficient (Wildman–Crippen LogP) is 2.60. The van der Waals surface area contributed by atoms with Gasteiger partial charge in [-0.3, -0.25) is 14.7 Å². The van der Waals surface area contributed by atoms with Crippen LogP contribution < -0.4 is 5.32 Å². The number of hydrogen-bond acceptors (Lipinski definition) is 4. The number of likely N-dealkylation sites (tertiary alicyclic amines) is 1. The summed E-state index contributed by atoms with van der Waals surface area (Å²) in [5, 5.41) is 3.10. The lowest BCUT2D eigenvalue weighted by molar-refractivity contribution is -0.146. The number of amides is 1. The highest BCUT2D eigenvalue weighted by Crippen LogP contribution is 2.38. The molecule has 2 aliphatic rings. The first-order valence-electron chi connectivity index (χ1n) is 10.4. The molecule has 0 aliphatic carbocycles. The van der Waals surface area contributed by atoms with Crippen LogP contribution in [0.5, 0.6) is 0 Å². The molecule has 2 saturated heterocycles. The topological polar surface area (TPSA) is 54.5 Å². The van der Waals surface area contributed by atoms with Gasteiger partial charge in [0.1, 0.15) is 5.82 Å². The van der Waals surface area contributed by atoms with E-state index in [2.05, 4.69) is 15.2 Å². The molecule has 29 heavy (non-hydrogen) atoms. The van der Waals surface area contributed by atoms with Crippen molar-refractivity contribution in [2.24, 2.45) is 5.41 Å². The average molecular weight is 397 g/mol. The molecule has 0 unspecified atom stereocenters. The van der Waals surface area contributed by atoms with Crippen LogP contribution in [0.4, 0.5) is 4.39 Å². The van der Waals surface area contributed by atoms with E-state index in [0.717, 1.165) is 38.0 Å². The van der Waals surface area contributed by atoms with Crippen molar-refractivity contribution in [3.63, 3.8) is 0 Å². The number of aromatic nitrogens is 1. The molecule has 0 radical (unpaired) electrons. The highest BCUT2D eigenvalue weighted by atomic mass is 19.1. The van der Waals surface area contributed by atoms with Crippen molar-refractivity contribution in [2.75, 3.05) is 32.8 Å². The molecule has 0 saturated carbocycles. The molecule has 0 bridgehead atoms. The van der Waals surface area contributed by atoms with Crippen molar-refractivity contribution < 1.29 is 13.9 Å². The molecule has 2 aliphatic heterocycles. The molecule has 0 spiro atoms. The van der Waals surface area contributed by atoms with Gasteiger partial charge >= 0.3 is 0 Å². The van der Waals surface area contributed by atoms with E-state index in [1.807, 2.05) is 24.4 Å². The van der Waals surface area contributed by atoms with Gasteiger partial charge in [0.15, 0.2) is 0 Å². The van der Waals surface area contributed by atoms with Gasteiger partial charge in [-0.25, -0.2) is 4.39 Å². The quantitative estimate of drug-likeness (QED) is 0.780. The Morgan fingerprint density at radius 1 is 1.21 bits per heavy atom. The van der Waals surface area contributed by atoms with E-state index >= 15 is 0 Å². The molecule has 154 valence electrons. The van der Waals surface area contributed by atoms with Gasteiger partial charge in [-0.15, -0.1) is 0 Å². The first kappa shape index (κ1) is 20.0. The number of nitrogens with zero attached hydrogens (tertiary/aromatic N) is 2. The molecular formula is C23H28FN3O2. The Kier molecular flexibility index (Phi) is 6.21. The zero-order valence-corrected chi connectivity index (χ0v) is 16.6. The Bertz CT molecular complexity index is 818. The van der Waals surface area contributed by atoms with Crippen LogP contribution in [0.2, 0.25) is 0 Å². The minimum absolute atomic E-state index is 0.0213. The Hall–Kier alpha value is -2.31. The van der Waals surface area contributed by atoms with E-state index in [1.54, 1.807) is 18.3 Å². The molecule has 1 N–H and O–H groups in total. The van der Waals surface area contributed by atoms with Gasteiger partial charge < -0.3 is 10.1 Å². The minimum atomic E-state index is -0.574. The Morgan fingerprint density at radius 2 is 2.00 bits per heavy atom. The first-order chi connectivity index (χ1) is 14.2. The molecule has 2 fully saturated rings. The molecule has 1 aromatic carbocycles. The van der Waals surface area contributed by atoms with Crippen LogP contribution in [-0.2, 0) is 22.4 Å². The smallest absolute Gasteiger partial charge is 0.229 e. The van der Waals surface area contributed by atoms with Crippen molar-refractivity contribution in [2.45, 2.75) is 31.7 Å². The number of carbonyl (C=O) groups excluding carboxylic acids is 1. The Morgan fingerprint density at radius 3 is 2.72 bits per heavy atom. The third-order valence-electron chi connectivity index (χ3n) is 6.11. The molecule has 1 amide bonds. The van der Waals surface area contributed by atoms with Gasteiger partial charge in [0.2, 0.25) is 5.91 Å². The summed E-state index contributed by atoms with van der Waals surface area (Å²) in [7, 11) is 0. The fourth-order valence-electron chi connectivity index (χ4n) is 4.44. The van der Waals surface area contributed by atoms with Gasteiger partial charge in [0, 0.05) is 51.3 Å². The SMILES string of the molecule is O=C(NCCc1cccnc1)C1(Cc2ccccc2F)CN(C2CCOCC2)C1. The summed E-state index contributed by atoms with van der Waals surface area (Å²) in [6, 6.07) is 11.1. The molecule has 5 nitrogen and oxygen atoms in total. The monoisotopic (exact) mass is 397 g/mol. The summed E-state index contributed by atoms with van der Waals surface area (Å²) in [5.41, 5.74) is 1.13. The van der Waals surface area contributed by atoms with Crippen molar-refractivity contribution in [3.8, 4) is 0 Å². The number of halogens is 1. The fraction of sp³-hybridized carbons (Fsp3) is 0.478. The van der Waals surface area contributed by atoms with Crippen LogP contribution in [-0.4, -0.2) is 54.7 Å². The van der Waals surface area contributed by atoms with Gasteiger partial charge in [0.05, 0.1) is 5.41 Å². The maximum Gasteiger partial charge on any atom is 0.229 e. The minimum Gasteiger partial charge on any atom is -0.381 e. The number of ether oxygens (including phenoxy) is 1. The Labute approximate surface area is 171 Å². The summed E-state index contributed by atoms with van der Waals surface area (Å²) in [6.07, 6.45) is 6.72.